The summed E-state index contributed by atoms with van der Waals surface area (Å²) in [5, 5.41) is 11.6. The Morgan fingerprint density at radius 3 is 1.71 bits per heavy atom. The van der Waals surface area contributed by atoms with Gasteiger partial charge >= 0.3 is 0 Å². The van der Waals surface area contributed by atoms with Gasteiger partial charge in [-0.05, 0) is 11.1 Å². The molecule has 0 amide bonds. The van der Waals surface area contributed by atoms with E-state index in [1.54, 1.807) is 14.1 Å². The van der Waals surface area contributed by atoms with Gasteiger partial charge in [0.1, 0.15) is 12.6 Å². The summed E-state index contributed by atoms with van der Waals surface area (Å²) in [6.07, 6.45) is -0.121. The number of hydrogen-bond donors (Lipinski definition) is 0. The van der Waals surface area contributed by atoms with Crippen LogP contribution in [0.5, 0.6) is 0 Å². The average molecular weight is 289 g/mol. The summed E-state index contributed by atoms with van der Waals surface area (Å²) < 4.78 is 5.64. The number of likely N-dealkylation sites (N-methyl/N-ethyl adjacent to an activating group) is 1. The fourth-order valence-corrected chi connectivity index (χ4v) is 2.03. The van der Waals surface area contributed by atoms with Gasteiger partial charge < -0.3 is 20.1 Å². The SMILES string of the molecule is C[N+](C)([O-])CCOC(c1ccccc1)c1ccccc1.O. The Labute approximate surface area is 126 Å². The Kier molecular flexibility index (Phi) is 6.52. The van der Waals surface area contributed by atoms with Crippen LogP contribution in [0, 0.1) is 5.21 Å². The summed E-state index contributed by atoms with van der Waals surface area (Å²) in [6, 6.07) is 20.2. The highest BCUT2D eigenvalue weighted by Crippen LogP contribution is 2.25. The number of nitrogens with zero attached hydrogens (tertiary/aromatic N) is 1. The molecular weight excluding hydrogens is 266 g/mol. The van der Waals surface area contributed by atoms with E-state index in [1.165, 1.54) is 0 Å². The summed E-state index contributed by atoms with van der Waals surface area (Å²) in [7, 11) is 3.26. The minimum atomic E-state index is -0.337. The molecule has 4 nitrogen and oxygen atoms in total. The third-order valence-corrected chi connectivity index (χ3v) is 3.12. The number of rotatable bonds is 6. The lowest BCUT2D eigenvalue weighted by molar-refractivity contribution is -0.840. The van der Waals surface area contributed by atoms with Gasteiger partial charge in [0.15, 0.2) is 0 Å². The second-order valence-electron chi connectivity index (χ2n) is 5.37. The molecule has 0 fully saturated rings. The van der Waals surface area contributed by atoms with Crippen molar-refractivity contribution in [3.63, 3.8) is 0 Å². The molecule has 0 atom stereocenters. The minimum absolute atomic E-state index is 0. The predicted octanol–water partition coefficient (Wildman–Crippen LogP) is 2.54. The molecular formula is C17H23NO3. The van der Waals surface area contributed by atoms with Gasteiger partial charge in [0, 0.05) is 0 Å². The second-order valence-corrected chi connectivity index (χ2v) is 5.37. The molecule has 0 aliphatic carbocycles. The van der Waals surface area contributed by atoms with E-state index in [9.17, 15) is 5.21 Å². The van der Waals surface area contributed by atoms with Crippen LogP contribution in [0.3, 0.4) is 0 Å². The molecule has 21 heavy (non-hydrogen) atoms. The summed E-state index contributed by atoms with van der Waals surface area (Å²) >= 11 is 0. The summed E-state index contributed by atoms with van der Waals surface area (Å²) in [5.74, 6) is 0. The van der Waals surface area contributed by atoms with E-state index in [2.05, 4.69) is 24.3 Å². The third-order valence-electron chi connectivity index (χ3n) is 3.12. The number of benzene rings is 2. The molecule has 114 valence electrons. The molecule has 0 aromatic heterocycles. The minimum Gasteiger partial charge on any atom is -0.633 e. The fraction of sp³-hybridized carbons (Fsp3) is 0.294. The monoisotopic (exact) mass is 289 g/mol. The van der Waals surface area contributed by atoms with Crippen LogP contribution >= 0.6 is 0 Å². The van der Waals surface area contributed by atoms with E-state index in [4.69, 9.17) is 4.74 Å². The van der Waals surface area contributed by atoms with Crippen molar-refractivity contribution in [1.29, 1.82) is 0 Å². The van der Waals surface area contributed by atoms with Crippen molar-refractivity contribution in [2.45, 2.75) is 6.10 Å². The summed E-state index contributed by atoms with van der Waals surface area (Å²) in [5.41, 5.74) is 2.21. The smallest absolute Gasteiger partial charge is 0.108 e. The summed E-state index contributed by atoms with van der Waals surface area (Å²) in [6.45, 7) is 0.876. The number of quaternary nitrogens is 1. The highest BCUT2D eigenvalue weighted by molar-refractivity contribution is 5.29. The Morgan fingerprint density at radius 2 is 1.33 bits per heavy atom. The van der Waals surface area contributed by atoms with Crippen molar-refractivity contribution in [2.75, 3.05) is 27.2 Å². The lowest BCUT2D eigenvalue weighted by Gasteiger charge is -2.34. The highest BCUT2D eigenvalue weighted by Gasteiger charge is 2.15. The standard InChI is InChI=1S/C17H21NO2.H2O/c1-18(2,19)13-14-20-17(15-9-5-3-6-10-15)16-11-7-4-8-12-16;/h3-12,17H,13-14H2,1-2H3;1H2. The molecule has 2 aromatic rings. The van der Waals surface area contributed by atoms with E-state index in [-0.39, 0.29) is 16.2 Å². The molecule has 0 bridgehead atoms. The predicted molar refractivity (Wildman–Crippen MR) is 84.6 cm³/mol. The zero-order valence-electron chi connectivity index (χ0n) is 12.5. The van der Waals surface area contributed by atoms with Crippen LogP contribution in [0.25, 0.3) is 0 Å². The Hall–Kier alpha value is -1.72. The molecule has 0 aliphatic rings. The second kappa shape index (κ2) is 7.90. The highest BCUT2D eigenvalue weighted by atomic mass is 16.5. The van der Waals surface area contributed by atoms with Gasteiger partial charge in [-0.15, -0.1) is 0 Å². The molecule has 0 unspecified atom stereocenters. The number of hydrogen-bond acceptors (Lipinski definition) is 2. The van der Waals surface area contributed by atoms with E-state index in [0.717, 1.165) is 11.1 Å². The lowest BCUT2D eigenvalue weighted by Crippen LogP contribution is -2.35. The Bertz CT molecular complexity index is 469. The van der Waals surface area contributed by atoms with Crippen molar-refractivity contribution < 1.29 is 14.9 Å². The molecule has 0 radical (unpaired) electrons. The Morgan fingerprint density at radius 1 is 0.905 bits per heavy atom. The van der Waals surface area contributed by atoms with Crippen molar-refractivity contribution in [2.24, 2.45) is 0 Å². The van der Waals surface area contributed by atoms with Crippen LogP contribution in [-0.2, 0) is 4.74 Å². The molecule has 0 saturated heterocycles. The lowest BCUT2D eigenvalue weighted by atomic mass is 10.0. The maximum absolute atomic E-state index is 11.6. The molecule has 2 rings (SSSR count). The van der Waals surface area contributed by atoms with E-state index in [0.29, 0.717) is 13.2 Å². The number of hydroxylamine groups is 3. The van der Waals surface area contributed by atoms with E-state index in [1.807, 2.05) is 36.4 Å². The van der Waals surface area contributed by atoms with Gasteiger partial charge in [-0.1, -0.05) is 60.7 Å². The van der Waals surface area contributed by atoms with Crippen LogP contribution in [0.2, 0.25) is 0 Å². The first kappa shape index (κ1) is 17.3. The fourth-order valence-electron chi connectivity index (χ4n) is 2.03. The first-order valence-corrected chi connectivity index (χ1v) is 6.82. The normalized spacial score (nSPS) is 11.2. The van der Waals surface area contributed by atoms with Crippen molar-refractivity contribution >= 4 is 0 Å². The van der Waals surface area contributed by atoms with Crippen LogP contribution in [0.15, 0.2) is 60.7 Å². The van der Waals surface area contributed by atoms with Gasteiger partial charge in [-0.25, -0.2) is 0 Å². The summed E-state index contributed by atoms with van der Waals surface area (Å²) in [4.78, 5) is 0. The Balaban J connectivity index is 0.00000220. The van der Waals surface area contributed by atoms with E-state index >= 15 is 0 Å². The van der Waals surface area contributed by atoms with Crippen LogP contribution < -0.4 is 0 Å². The van der Waals surface area contributed by atoms with Gasteiger partial charge in [0.25, 0.3) is 0 Å². The van der Waals surface area contributed by atoms with Crippen molar-refractivity contribution in [1.82, 2.24) is 0 Å². The maximum atomic E-state index is 11.6. The first-order valence-electron chi connectivity index (χ1n) is 6.82. The zero-order valence-corrected chi connectivity index (χ0v) is 12.5. The molecule has 0 aliphatic heterocycles. The molecule has 0 saturated carbocycles. The molecule has 2 N–H and O–H groups in total. The molecule has 2 aromatic carbocycles. The molecule has 4 heteroatoms. The quantitative estimate of drug-likeness (QED) is 0.606. The van der Waals surface area contributed by atoms with Crippen LogP contribution in [-0.4, -0.2) is 37.4 Å². The van der Waals surface area contributed by atoms with Gasteiger partial charge in [-0.2, -0.15) is 0 Å². The van der Waals surface area contributed by atoms with Gasteiger partial charge in [-0.3, -0.25) is 0 Å². The topological polar surface area (TPSA) is 63.8 Å². The largest absolute Gasteiger partial charge is 0.633 e. The van der Waals surface area contributed by atoms with Crippen molar-refractivity contribution in [3.05, 3.63) is 77.0 Å². The van der Waals surface area contributed by atoms with Crippen LogP contribution in [0.4, 0.5) is 0 Å². The molecule has 0 spiro atoms. The maximum Gasteiger partial charge on any atom is 0.108 e. The average Bonchev–Trinajstić information content (AvgIpc) is 2.44. The van der Waals surface area contributed by atoms with Crippen molar-refractivity contribution in [3.8, 4) is 0 Å². The number of ether oxygens (including phenoxy) is 1. The van der Waals surface area contributed by atoms with Gasteiger partial charge in [0.2, 0.25) is 0 Å². The third kappa shape index (κ3) is 5.65. The van der Waals surface area contributed by atoms with Gasteiger partial charge in [0.05, 0.1) is 20.7 Å². The molecule has 0 heterocycles. The van der Waals surface area contributed by atoms with E-state index < -0.39 is 0 Å². The zero-order chi connectivity index (χ0) is 14.4. The van der Waals surface area contributed by atoms with Crippen LogP contribution in [0.1, 0.15) is 17.2 Å². The first-order chi connectivity index (χ1) is 9.56.